The Morgan fingerprint density at radius 3 is 2.88 bits per heavy atom. The molecule has 0 saturated carbocycles. The summed E-state index contributed by atoms with van der Waals surface area (Å²) in [6.07, 6.45) is 0. The second-order valence-corrected chi connectivity index (χ2v) is 5.99. The van der Waals surface area contributed by atoms with Crippen molar-refractivity contribution in [2.24, 2.45) is 0 Å². The van der Waals surface area contributed by atoms with E-state index in [1.54, 1.807) is 6.92 Å². The molecule has 7 heteroatoms. The predicted molar refractivity (Wildman–Crippen MR) is 67.8 cm³/mol. The van der Waals surface area contributed by atoms with E-state index in [1.165, 1.54) is 11.0 Å². The van der Waals surface area contributed by atoms with Crippen LogP contribution in [0, 0.1) is 0 Å². The van der Waals surface area contributed by atoms with Crippen LogP contribution in [0.25, 0.3) is 0 Å². The number of nitrogens with zero attached hydrogens (tertiary/aromatic N) is 1. The molecular formula is C10H10Cl2N2O2S. The second-order valence-electron chi connectivity index (χ2n) is 3.70. The number of nitrogens with one attached hydrogen (secondary N) is 1. The van der Waals surface area contributed by atoms with E-state index in [1.807, 2.05) is 0 Å². The van der Waals surface area contributed by atoms with E-state index >= 15 is 0 Å². The van der Waals surface area contributed by atoms with Crippen LogP contribution >= 0.6 is 34.5 Å². The van der Waals surface area contributed by atoms with E-state index in [2.05, 4.69) is 5.32 Å². The van der Waals surface area contributed by atoms with Crippen molar-refractivity contribution in [2.45, 2.75) is 13.0 Å². The summed E-state index contributed by atoms with van der Waals surface area (Å²) in [7, 11) is 0. The molecule has 0 radical (unpaired) electrons. The number of rotatable bonds is 1. The summed E-state index contributed by atoms with van der Waals surface area (Å²) in [5.74, 6) is -0.400. The number of carbonyl (C=O) groups is 2. The summed E-state index contributed by atoms with van der Waals surface area (Å²) in [4.78, 5) is 25.2. The van der Waals surface area contributed by atoms with Crippen molar-refractivity contribution in [3.05, 3.63) is 20.3 Å². The third-order valence-electron chi connectivity index (χ3n) is 2.65. The summed E-state index contributed by atoms with van der Waals surface area (Å²) in [5, 5.41) is 2.70. The number of thiophene rings is 1. The first-order valence-corrected chi connectivity index (χ1v) is 6.61. The van der Waals surface area contributed by atoms with Crippen molar-refractivity contribution in [1.82, 2.24) is 10.2 Å². The predicted octanol–water partition coefficient (Wildman–Crippen LogP) is 2.02. The molecule has 1 N–H and O–H groups in total. The van der Waals surface area contributed by atoms with Gasteiger partial charge in [-0.2, -0.15) is 0 Å². The lowest BCUT2D eigenvalue weighted by atomic mass is 10.1. The molecule has 4 nitrogen and oxygen atoms in total. The highest BCUT2D eigenvalue weighted by molar-refractivity contribution is 7.20. The maximum absolute atomic E-state index is 12.2. The molecule has 1 aliphatic heterocycles. The lowest BCUT2D eigenvalue weighted by Gasteiger charge is -2.32. The Labute approximate surface area is 112 Å². The van der Waals surface area contributed by atoms with Crippen LogP contribution in [0.3, 0.4) is 0 Å². The minimum absolute atomic E-state index is 0.151. The van der Waals surface area contributed by atoms with Crippen molar-refractivity contribution >= 4 is 46.4 Å². The normalized spacial score (nSPS) is 20.3. The molecule has 1 saturated heterocycles. The SMILES string of the molecule is CC1C(=O)NCCN1C(=O)c1cc(Cl)sc1Cl. The summed E-state index contributed by atoms with van der Waals surface area (Å²) in [5.41, 5.74) is 0.364. The molecule has 2 amide bonds. The van der Waals surface area contributed by atoms with Gasteiger partial charge in [0.05, 0.1) is 9.90 Å². The Morgan fingerprint density at radius 2 is 2.29 bits per heavy atom. The molecule has 1 aromatic heterocycles. The van der Waals surface area contributed by atoms with Crippen LogP contribution in [0.5, 0.6) is 0 Å². The first-order chi connectivity index (χ1) is 8.00. The molecule has 0 bridgehead atoms. The maximum atomic E-state index is 12.2. The van der Waals surface area contributed by atoms with Crippen LogP contribution < -0.4 is 5.32 Å². The van der Waals surface area contributed by atoms with Crippen molar-refractivity contribution < 1.29 is 9.59 Å². The lowest BCUT2D eigenvalue weighted by Crippen LogP contribution is -2.55. The average molecular weight is 293 g/mol. The number of halogens is 2. The van der Waals surface area contributed by atoms with E-state index in [9.17, 15) is 9.59 Å². The zero-order valence-corrected chi connectivity index (χ0v) is 11.3. The zero-order valence-electron chi connectivity index (χ0n) is 9.00. The first-order valence-electron chi connectivity index (χ1n) is 5.04. The van der Waals surface area contributed by atoms with Crippen LogP contribution in [0.15, 0.2) is 6.07 Å². The van der Waals surface area contributed by atoms with E-state index in [4.69, 9.17) is 23.2 Å². The molecule has 2 heterocycles. The molecule has 0 aromatic carbocycles. The van der Waals surface area contributed by atoms with E-state index in [-0.39, 0.29) is 11.8 Å². The van der Waals surface area contributed by atoms with E-state index in [0.717, 1.165) is 11.3 Å². The highest BCUT2D eigenvalue weighted by atomic mass is 35.5. The van der Waals surface area contributed by atoms with Gasteiger partial charge in [0.2, 0.25) is 5.91 Å². The molecule has 1 unspecified atom stereocenters. The van der Waals surface area contributed by atoms with Crippen LogP contribution in [-0.4, -0.2) is 35.8 Å². The van der Waals surface area contributed by atoms with Gasteiger partial charge in [0.1, 0.15) is 10.4 Å². The molecule has 0 spiro atoms. The summed E-state index contributed by atoms with van der Waals surface area (Å²) in [6.45, 7) is 2.63. The Balaban J connectivity index is 2.25. The van der Waals surface area contributed by atoms with Gasteiger partial charge in [0.25, 0.3) is 5.91 Å². The van der Waals surface area contributed by atoms with E-state index in [0.29, 0.717) is 27.3 Å². The van der Waals surface area contributed by atoms with Gasteiger partial charge in [-0.25, -0.2) is 0 Å². The molecule has 92 valence electrons. The fraction of sp³-hybridized carbons (Fsp3) is 0.400. The molecule has 0 aliphatic carbocycles. The van der Waals surface area contributed by atoms with Gasteiger partial charge in [-0.1, -0.05) is 23.2 Å². The highest BCUT2D eigenvalue weighted by Gasteiger charge is 2.31. The Morgan fingerprint density at radius 1 is 1.59 bits per heavy atom. The maximum Gasteiger partial charge on any atom is 0.257 e. The second kappa shape index (κ2) is 4.84. The average Bonchev–Trinajstić information content (AvgIpc) is 2.61. The lowest BCUT2D eigenvalue weighted by molar-refractivity contribution is -0.127. The molecular weight excluding hydrogens is 283 g/mol. The monoisotopic (exact) mass is 292 g/mol. The van der Waals surface area contributed by atoms with Crippen LogP contribution in [-0.2, 0) is 4.79 Å². The molecule has 17 heavy (non-hydrogen) atoms. The number of piperazine rings is 1. The Hall–Kier alpha value is -0.780. The van der Waals surface area contributed by atoms with Gasteiger partial charge in [0.15, 0.2) is 0 Å². The summed E-state index contributed by atoms with van der Waals surface area (Å²) < 4.78 is 0.825. The van der Waals surface area contributed by atoms with Crippen molar-refractivity contribution in [3.63, 3.8) is 0 Å². The molecule has 1 aliphatic rings. The van der Waals surface area contributed by atoms with Gasteiger partial charge in [0, 0.05) is 13.1 Å². The van der Waals surface area contributed by atoms with Crippen molar-refractivity contribution in [3.8, 4) is 0 Å². The summed E-state index contributed by atoms with van der Waals surface area (Å²) >= 11 is 12.9. The smallest absolute Gasteiger partial charge is 0.257 e. The van der Waals surface area contributed by atoms with Gasteiger partial charge in [-0.15, -0.1) is 11.3 Å². The number of hydrogen-bond acceptors (Lipinski definition) is 3. The van der Waals surface area contributed by atoms with Crippen molar-refractivity contribution in [1.29, 1.82) is 0 Å². The minimum Gasteiger partial charge on any atom is -0.353 e. The largest absolute Gasteiger partial charge is 0.353 e. The van der Waals surface area contributed by atoms with Crippen molar-refractivity contribution in [2.75, 3.05) is 13.1 Å². The van der Waals surface area contributed by atoms with E-state index < -0.39 is 6.04 Å². The van der Waals surface area contributed by atoms with Gasteiger partial charge < -0.3 is 10.2 Å². The Kier molecular flexibility index (Phi) is 3.61. The first kappa shape index (κ1) is 12.7. The third kappa shape index (κ3) is 2.41. The van der Waals surface area contributed by atoms with Crippen LogP contribution in [0.2, 0.25) is 8.67 Å². The topological polar surface area (TPSA) is 49.4 Å². The van der Waals surface area contributed by atoms with Gasteiger partial charge in [-0.3, -0.25) is 9.59 Å². The number of amides is 2. The molecule has 1 atom stereocenters. The third-order valence-corrected chi connectivity index (χ3v) is 4.13. The number of carbonyl (C=O) groups excluding carboxylic acids is 2. The zero-order chi connectivity index (χ0) is 12.6. The van der Waals surface area contributed by atoms with Gasteiger partial charge in [-0.05, 0) is 13.0 Å². The fourth-order valence-corrected chi connectivity index (χ4v) is 3.15. The Bertz CT molecular complexity index is 475. The summed E-state index contributed by atoms with van der Waals surface area (Å²) in [6, 6.07) is 1.06. The van der Waals surface area contributed by atoms with Gasteiger partial charge >= 0.3 is 0 Å². The molecule has 2 rings (SSSR count). The molecule has 1 aromatic rings. The molecule has 1 fully saturated rings. The van der Waals surface area contributed by atoms with Crippen LogP contribution in [0.1, 0.15) is 17.3 Å². The standard InChI is InChI=1S/C10H10Cl2N2O2S/c1-5-9(15)13-2-3-14(5)10(16)6-4-7(11)17-8(6)12/h4-5H,2-3H2,1H3,(H,13,15). The number of hydrogen-bond donors (Lipinski definition) is 1. The highest BCUT2D eigenvalue weighted by Crippen LogP contribution is 2.32. The van der Waals surface area contributed by atoms with Crippen LogP contribution in [0.4, 0.5) is 0 Å². The fourth-order valence-electron chi connectivity index (χ4n) is 1.70. The quantitative estimate of drug-likeness (QED) is 0.861. The minimum atomic E-state index is -0.481.